The average Bonchev–Trinajstić information content (AvgIpc) is 1.88. The van der Waals surface area contributed by atoms with Gasteiger partial charge in [0.2, 0.25) is 5.91 Å². The van der Waals surface area contributed by atoms with Crippen LogP contribution >= 0.6 is 0 Å². The molecule has 0 saturated carbocycles. The summed E-state index contributed by atoms with van der Waals surface area (Å²) in [5, 5.41) is 0. The summed E-state index contributed by atoms with van der Waals surface area (Å²) in [6.07, 6.45) is 0.627. The van der Waals surface area contributed by atoms with E-state index in [9.17, 15) is 9.18 Å². The van der Waals surface area contributed by atoms with E-state index < -0.39 is 6.17 Å². The molecule has 0 spiro atoms. The van der Waals surface area contributed by atoms with Crippen molar-refractivity contribution in [2.24, 2.45) is 0 Å². The Morgan fingerprint density at radius 3 is 2.80 bits per heavy atom. The van der Waals surface area contributed by atoms with E-state index in [0.717, 1.165) is 13.0 Å². The van der Waals surface area contributed by atoms with Crippen molar-refractivity contribution in [3.8, 4) is 0 Å². The second-order valence-electron chi connectivity index (χ2n) is 2.70. The molecule has 1 amide bonds. The van der Waals surface area contributed by atoms with E-state index in [4.69, 9.17) is 0 Å². The number of carbonyl (C=O) groups excluding carboxylic acids is 1. The molecule has 1 rings (SSSR count). The minimum Gasteiger partial charge on any atom is -0.340 e. The number of hydrogen-bond donors (Lipinski definition) is 0. The van der Waals surface area contributed by atoms with Crippen molar-refractivity contribution < 1.29 is 9.18 Å². The zero-order chi connectivity index (χ0) is 7.56. The van der Waals surface area contributed by atoms with Crippen molar-refractivity contribution in [3.63, 3.8) is 0 Å². The van der Waals surface area contributed by atoms with Crippen molar-refractivity contribution in [2.75, 3.05) is 13.1 Å². The van der Waals surface area contributed by atoms with Gasteiger partial charge in [-0.25, -0.2) is 4.39 Å². The Balaban J connectivity index is 2.39. The molecule has 10 heavy (non-hydrogen) atoms. The van der Waals surface area contributed by atoms with Crippen LogP contribution in [0.15, 0.2) is 0 Å². The van der Waals surface area contributed by atoms with E-state index in [0.29, 0.717) is 13.0 Å². The Morgan fingerprint density at radius 2 is 2.40 bits per heavy atom. The van der Waals surface area contributed by atoms with Crippen LogP contribution in [0.2, 0.25) is 0 Å². The lowest BCUT2D eigenvalue weighted by molar-refractivity contribution is -0.130. The molecule has 1 aliphatic rings. The SMILES string of the molecule is CC(=O)N1CCCC(F)C1. The van der Waals surface area contributed by atoms with Crippen LogP contribution in [0, 0.1) is 0 Å². The normalized spacial score (nSPS) is 26.6. The van der Waals surface area contributed by atoms with E-state index in [1.165, 1.54) is 6.92 Å². The standard InChI is InChI=1S/C7H12FNO/c1-6(10)9-4-2-3-7(8)5-9/h7H,2-5H2,1H3. The lowest BCUT2D eigenvalue weighted by Crippen LogP contribution is -2.39. The number of likely N-dealkylation sites (tertiary alicyclic amines) is 1. The summed E-state index contributed by atoms with van der Waals surface area (Å²) >= 11 is 0. The first-order valence-corrected chi connectivity index (χ1v) is 3.59. The van der Waals surface area contributed by atoms with Crippen molar-refractivity contribution in [1.82, 2.24) is 4.90 Å². The van der Waals surface area contributed by atoms with Crippen LogP contribution in [0.3, 0.4) is 0 Å². The zero-order valence-corrected chi connectivity index (χ0v) is 6.14. The van der Waals surface area contributed by atoms with Gasteiger partial charge in [-0.3, -0.25) is 4.79 Å². The van der Waals surface area contributed by atoms with Crippen LogP contribution in [0.1, 0.15) is 19.8 Å². The molecule has 0 radical (unpaired) electrons. The number of carbonyl (C=O) groups is 1. The molecule has 3 heteroatoms. The number of nitrogens with zero attached hydrogens (tertiary/aromatic N) is 1. The fourth-order valence-electron chi connectivity index (χ4n) is 1.21. The summed E-state index contributed by atoms with van der Waals surface area (Å²) in [7, 11) is 0. The first-order chi connectivity index (χ1) is 4.70. The molecule has 58 valence electrons. The third-order valence-corrected chi connectivity index (χ3v) is 1.81. The third-order valence-electron chi connectivity index (χ3n) is 1.81. The second kappa shape index (κ2) is 2.99. The maximum atomic E-state index is 12.6. The van der Waals surface area contributed by atoms with Gasteiger partial charge in [0.05, 0.1) is 6.54 Å². The minimum atomic E-state index is -0.794. The molecule has 0 aliphatic carbocycles. The van der Waals surface area contributed by atoms with Gasteiger partial charge in [-0.1, -0.05) is 0 Å². The molecular formula is C7H12FNO. The molecule has 1 aliphatic heterocycles. The van der Waals surface area contributed by atoms with Gasteiger partial charge in [0, 0.05) is 13.5 Å². The van der Waals surface area contributed by atoms with Gasteiger partial charge in [0.25, 0.3) is 0 Å². The molecular weight excluding hydrogens is 133 g/mol. The highest BCUT2D eigenvalue weighted by molar-refractivity contribution is 5.73. The number of rotatable bonds is 0. The van der Waals surface area contributed by atoms with Gasteiger partial charge in [-0.2, -0.15) is 0 Å². The first-order valence-electron chi connectivity index (χ1n) is 3.59. The van der Waals surface area contributed by atoms with E-state index in [1.54, 1.807) is 4.90 Å². The summed E-state index contributed by atoms with van der Waals surface area (Å²) in [4.78, 5) is 12.3. The Labute approximate surface area is 60.0 Å². The van der Waals surface area contributed by atoms with Gasteiger partial charge in [0.1, 0.15) is 6.17 Å². The average molecular weight is 145 g/mol. The monoisotopic (exact) mass is 145 g/mol. The molecule has 1 unspecified atom stereocenters. The molecule has 2 nitrogen and oxygen atoms in total. The van der Waals surface area contributed by atoms with Gasteiger partial charge in [-0.05, 0) is 12.8 Å². The summed E-state index contributed by atoms with van der Waals surface area (Å²) in [6.45, 7) is 2.52. The van der Waals surface area contributed by atoms with E-state index in [1.807, 2.05) is 0 Å². The quantitative estimate of drug-likeness (QED) is 0.497. The highest BCUT2D eigenvalue weighted by Gasteiger charge is 2.20. The number of piperidine rings is 1. The largest absolute Gasteiger partial charge is 0.340 e. The summed E-state index contributed by atoms with van der Waals surface area (Å²) in [5.74, 6) is -0.0117. The van der Waals surface area contributed by atoms with Crippen molar-refractivity contribution in [2.45, 2.75) is 25.9 Å². The van der Waals surface area contributed by atoms with Crippen LogP contribution in [-0.2, 0) is 4.79 Å². The Morgan fingerprint density at radius 1 is 1.70 bits per heavy atom. The van der Waals surface area contributed by atoms with Crippen LogP contribution in [0.5, 0.6) is 0 Å². The lowest BCUT2D eigenvalue weighted by atomic mass is 10.1. The Bertz CT molecular complexity index is 138. The minimum absolute atomic E-state index is 0.0117. The predicted octanol–water partition coefficient (Wildman–Crippen LogP) is 0.967. The smallest absolute Gasteiger partial charge is 0.219 e. The summed E-state index contributed by atoms with van der Waals surface area (Å²) < 4.78 is 12.6. The lowest BCUT2D eigenvalue weighted by Gasteiger charge is -2.27. The molecule has 0 N–H and O–H groups in total. The highest BCUT2D eigenvalue weighted by atomic mass is 19.1. The van der Waals surface area contributed by atoms with E-state index in [-0.39, 0.29) is 5.91 Å². The fraction of sp³-hybridized carbons (Fsp3) is 0.857. The molecule has 1 saturated heterocycles. The number of amides is 1. The molecule has 1 fully saturated rings. The van der Waals surface area contributed by atoms with Crippen molar-refractivity contribution in [3.05, 3.63) is 0 Å². The summed E-state index contributed by atoms with van der Waals surface area (Å²) in [6, 6.07) is 0. The first kappa shape index (κ1) is 7.51. The number of halogens is 1. The molecule has 0 bridgehead atoms. The van der Waals surface area contributed by atoms with Gasteiger partial charge in [0.15, 0.2) is 0 Å². The van der Waals surface area contributed by atoms with Crippen LogP contribution < -0.4 is 0 Å². The van der Waals surface area contributed by atoms with Crippen molar-refractivity contribution >= 4 is 5.91 Å². The summed E-state index contributed by atoms with van der Waals surface area (Å²) in [5.41, 5.74) is 0. The highest BCUT2D eigenvalue weighted by Crippen LogP contribution is 2.12. The molecule has 0 aromatic heterocycles. The zero-order valence-electron chi connectivity index (χ0n) is 6.14. The Kier molecular flexibility index (Phi) is 2.25. The van der Waals surface area contributed by atoms with Crippen LogP contribution in [0.25, 0.3) is 0 Å². The van der Waals surface area contributed by atoms with Crippen LogP contribution in [0.4, 0.5) is 4.39 Å². The van der Waals surface area contributed by atoms with Gasteiger partial charge >= 0.3 is 0 Å². The maximum Gasteiger partial charge on any atom is 0.219 e. The van der Waals surface area contributed by atoms with Gasteiger partial charge in [-0.15, -0.1) is 0 Å². The topological polar surface area (TPSA) is 20.3 Å². The molecule has 1 heterocycles. The van der Waals surface area contributed by atoms with E-state index in [2.05, 4.69) is 0 Å². The second-order valence-corrected chi connectivity index (χ2v) is 2.70. The maximum absolute atomic E-state index is 12.6. The number of hydrogen-bond acceptors (Lipinski definition) is 1. The Hall–Kier alpha value is -0.600. The molecule has 1 atom stereocenters. The molecule has 0 aromatic carbocycles. The van der Waals surface area contributed by atoms with E-state index >= 15 is 0 Å². The fourth-order valence-corrected chi connectivity index (χ4v) is 1.21. The van der Waals surface area contributed by atoms with Gasteiger partial charge < -0.3 is 4.90 Å². The number of alkyl halides is 1. The van der Waals surface area contributed by atoms with Crippen molar-refractivity contribution in [1.29, 1.82) is 0 Å². The molecule has 0 aromatic rings. The van der Waals surface area contributed by atoms with Crippen LogP contribution in [-0.4, -0.2) is 30.1 Å². The predicted molar refractivity (Wildman–Crippen MR) is 36.4 cm³/mol. The third kappa shape index (κ3) is 1.69.